The van der Waals surface area contributed by atoms with E-state index in [0.717, 1.165) is 24.5 Å². The number of hydrogen-bond donors (Lipinski definition) is 2. The number of phenols is 1. The summed E-state index contributed by atoms with van der Waals surface area (Å²) in [5, 5.41) is 12.9. The maximum atomic E-state index is 13.0. The second kappa shape index (κ2) is 8.69. The number of para-hydroxylation sites is 3. The Balaban J connectivity index is 1.40. The third kappa shape index (κ3) is 4.20. The Morgan fingerprint density at radius 3 is 2.32 bits per heavy atom. The fraction of sp³-hybridized carbons (Fsp3) is 0.304. The third-order valence-corrected chi connectivity index (χ3v) is 5.78. The molecular weight excluding hydrogens is 394 g/mol. The van der Waals surface area contributed by atoms with Crippen LogP contribution in [0.5, 0.6) is 5.75 Å². The van der Waals surface area contributed by atoms with E-state index in [1.165, 1.54) is 0 Å². The van der Waals surface area contributed by atoms with Gasteiger partial charge in [-0.1, -0.05) is 30.3 Å². The summed E-state index contributed by atoms with van der Waals surface area (Å²) in [7, 11) is 1.80. The van der Waals surface area contributed by atoms with Crippen LogP contribution in [0.25, 0.3) is 5.69 Å². The van der Waals surface area contributed by atoms with Crippen molar-refractivity contribution in [2.45, 2.75) is 6.92 Å². The smallest absolute Gasteiger partial charge is 0.295 e. The van der Waals surface area contributed by atoms with Gasteiger partial charge in [-0.25, -0.2) is 4.68 Å². The highest BCUT2D eigenvalue weighted by Gasteiger charge is 2.23. The molecule has 1 aromatic heterocycles. The fourth-order valence-electron chi connectivity index (χ4n) is 3.97. The number of nitrogens with one attached hydrogen (secondary N) is 1. The van der Waals surface area contributed by atoms with E-state index < -0.39 is 0 Å². The number of nitrogens with zero attached hydrogens (tertiary/aromatic N) is 4. The Morgan fingerprint density at radius 2 is 1.65 bits per heavy atom. The van der Waals surface area contributed by atoms with Gasteiger partial charge in [0.05, 0.1) is 23.6 Å². The van der Waals surface area contributed by atoms with E-state index in [0.29, 0.717) is 24.5 Å². The zero-order valence-electron chi connectivity index (χ0n) is 17.8. The number of aromatic nitrogens is 2. The lowest BCUT2D eigenvalue weighted by atomic mass is 10.2. The van der Waals surface area contributed by atoms with Crippen LogP contribution in [-0.4, -0.2) is 58.0 Å². The molecule has 2 aromatic carbocycles. The van der Waals surface area contributed by atoms with Gasteiger partial charge in [-0.3, -0.25) is 19.2 Å². The summed E-state index contributed by atoms with van der Waals surface area (Å²) in [4.78, 5) is 29.8. The van der Waals surface area contributed by atoms with Gasteiger partial charge >= 0.3 is 0 Å². The number of phenolic OH excluding ortho intramolecular Hbond substituents is 1. The molecule has 0 radical (unpaired) electrons. The van der Waals surface area contributed by atoms with Crippen molar-refractivity contribution in [3.05, 3.63) is 70.6 Å². The van der Waals surface area contributed by atoms with Crippen LogP contribution < -0.4 is 15.8 Å². The summed E-state index contributed by atoms with van der Waals surface area (Å²) in [6, 6.07) is 16.6. The second-order valence-electron chi connectivity index (χ2n) is 7.74. The van der Waals surface area contributed by atoms with Crippen LogP contribution in [0.1, 0.15) is 5.69 Å². The number of aromatic hydroxyl groups is 1. The van der Waals surface area contributed by atoms with Crippen LogP contribution >= 0.6 is 0 Å². The number of amides is 1. The summed E-state index contributed by atoms with van der Waals surface area (Å²) < 4.78 is 3.30. The molecule has 1 aliphatic rings. The summed E-state index contributed by atoms with van der Waals surface area (Å²) in [5.74, 6) is 0.0601. The van der Waals surface area contributed by atoms with Gasteiger partial charge < -0.3 is 15.3 Å². The number of hydrogen-bond acceptors (Lipinski definition) is 5. The van der Waals surface area contributed by atoms with E-state index in [-0.39, 0.29) is 23.8 Å². The topological polar surface area (TPSA) is 82.7 Å². The van der Waals surface area contributed by atoms with Crippen molar-refractivity contribution >= 4 is 17.3 Å². The highest BCUT2D eigenvalue weighted by Crippen LogP contribution is 2.27. The molecule has 3 aromatic rings. The van der Waals surface area contributed by atoms with Gasteiger partial charge in [-0.05, 0) is 31.2 Å². The maximum absolute atomic E-state index is 13.0. The van der Waals surface area contributed by atoms with Crippen LogP contribution in [-0.2, 0) is 11.8 Å². The minimum atomic E-state index is -0.246. The second-order valence-corrected chi connectivity index (χ2v) is 7.74. The Hall–Kier alpha value is -3.52. The molecule has 2 N–H and O–H groups in total. The molecule has 8 heteroatoms. The van der Waals surface area contributed by atoms with Gasteiger partial charge in [0.15, 0.2) is 0 Å². The largest absolute Gasteiger partial charge is 0.506 e. The lowest BCUT2D eigenvalue weighted by Crippen LogP contribution is -2.48. The first kappa shape index (κ1) is 20.7. The van der Waals surface area contributed by atoms with Crippen molar-refractivity contribution in [3.8, 4) is 11.4 Å². The molecule has 0 spiro atoms. The van der Waals surface area contributed by atoms with Crippen molar-refractivity contribution < 1.29 is 9.90 Å². The first-order valence-corrected chi connectivity index (χ1v) is 10.3. The van der Waals surface area contributed by atoms with E-state index in [1.807, 2.05) is 49.4 Å². The molecule has 4 rings (SSSR count). The monoisotopic (exact) mass is 421 g/mol. The van der Waals surface area contributed by atoms with Gasteiger partial charge in [-0.15, -0.1) is 0 Å². The quantitative estimate of drug-likeness (QED) is 0.658. The van der Waals surface area contributed by atoms with E-state index in [2.05, 4.69) is 15.1 Å². The highest BCUT2D eigenvalue weighted by atomic mass is 16.3. The summed E-state index contributed by atoms with van der Waals surface area (Å²) in [6.07, 6.45) is 0. The summed E-state index contributed by atoms with van der Waals surface area (Å²) in [5.41, 5.74) is 2.33. The molecule has 1 saturated heterocycles. The Kier molecular flexibility index (Phi) is 5.81. The molecular formula is C23H27N5O3. The van der Waals surface area contributed by atoms with E-state index >= 15 is 0 Å². The van der Waals surface area contributed by atoms with E-state index in [4.69, 9.17) is 0 Å². The van der Waals surface area contributed by atoms with Gasteiger partial charge in [-0.2, -0.15) is 0 Å². The first-order chi connectivity index (χ1) is 15.0. The zero-order valence-corrected chi connectivity index (χ0v) is 17.8. The van der Waals surface area contributed by atoms with Crippen LogP contribution in [0.4, 0.5) is 11.4 Å². The van der Waals surface area contributed by atoms with Crippen molar-refractivity contribution in [1.82, 2.24) is 14.3 Å². The van der Waals surface area contributed by atoms with Crippen molar-refractivity contribution in [3.63, 3.8) is 0 Å². The minimum Gasteiger partial charge on any atom is -0.506 e. The Labute approximate surface area is 180 Å². The fourth-order valence-corrected chi connectivity index (χ4v) is 3.97. The predicted octanol–water partition coefficient (Wildman–Crippen LogP) is 1.95. The van der Waals surface area contributed by atoms with Gasteiger partial charge in [0.25, 0.3) is 5.56 Å². The van der Waals surface area contributed by atoms with Gasteiger partial charge in [0.1, 0.15) is 11.4 Å². The van der Waals surface area contributed by atoms with Gasteiger partial charge in [0.2, 0.25) is 5.91 Å². The number of carbonyl (C=O) groups excluding carboxylic acids is 1. The van der Waals surface area contributed by atoms with Crippen LogP contribution in [0.2, 0.25) is 0 Å². The molecule has 0 bridgehead atoms. The summed E-state index contributed by atoms with van der Waals surface area (Å²) >= 11 is 0. The molecule has 162 valence electrons. The average Bonchev–Trinajstić information content (AvgIpc) is 2.98. The van der Waals surface area contributed by atoms with Crippen LogP contribution in [0.15, 0.2) is 59.4 Å². The van der Waals surface area contributed by atoms with Crippen molar-refractivity contribution in [2.24, 2.45) is 7.05 Å². The van der Waals surface area contributed by atoms with Crippen molar-refractivity contribution in [1.29, 1.82) is 0 Å². The lowest BCUT2D eigenvalue weighted by Gasteiger charge is -2.35. The lowest BCUT2D eigenvalue weighted by molar-refractivity contribution is -0.117. The van der Waals surface area contributed by atoms with Crippen LogP contribution in [0, 0.1) is 6.92 Å². The molecule has 2 heterocycles. The van der Waals surface area contributed by atoms with E-state index in [1.54, 1.807) is 28.5 Å². The Morgan fingerprint density at radius 1 is 1.00 bits per heavy atom. The van der Waals surface area contributed by atoms with Crippen molar-refractivity contribution in [2.75, 3.05) is 42.9 Å². The first-order valence-electron chi connectivity index (χ1n) is 10.3. The van der Waals surface area contributed by atoms with Crippen LogP contribution in [0.3, 0.4) is 0 Å². The SMILES string of the molecule is Cc1c(NC(=O)CN2CCN(c3ccccc3O)CC2)c(=O)n(-c2ccccc2)n1C. The zero-order chi connectivity index (χ0) is 22.0. The number of anilines is 2. The maximum Gasteiger partial charge on any atom is 0.295 e. The third-order valence-electron chi connectivity index (χ3n) is 5.78. The highest BCUT2D eigenvalue weighted by molar-refractivity contribution is 5.92. The average molecular weight is 422 g/mol. The number of rotatable bonds is 5. The van der Waals surface area contributed by atoms with E-state index in [9.17, 15) is 14.7 Å². The molecule has 1 aliphatic heterocycles. The number of carbonyl (C=O) groups is 1. The Bertz CT molecular complexity index is 1130. The summed E-state index contributed by atoms with van der Waals surface area (Å²) in [6.45, 7) is 4.87. The molecule has 8 nitrogen and oxygen atoms in total. The number of piperazine rings is 1. The minimum absolute atomic E-state index is 0.206. The molecule has 1 amide bonds. The molecule has 31 heavy (non-hydrogen) atoms. The predicted molar refractivity (Wildman–Crippen MR) is 121 cm³/mol. The molecule has 0 atom stereocenters. The molecule has 0 aliphatic carbocycles. The normalized spacial score (nSPS) is 14.6. The number of benzene rings is 2. The molecule has 0 unspecified atom stereocenters. The molecule has 0 saturated carbocycles. The van der Waals surface area contributed by atoms with Gasteiger partial charge in [0, 0.05) is 33.2 Å². The molecule has 1 fully saturated rings. The standard InChI is InChI=1S/C23H27N5O3/c1-17-22(23(31)28(25(17)2)18-8-4-3-5-9-18)24-21(30)16-26-12-14-27(15-13-26)19-10-6-7-11-20(19)29/h3-11,29H,12-16H2,1-2H3,(H,24,30).